The second kappa shape index (κ2) is 8.07. The summed E-state index contributed by atoms with van der Waals surface area (Å²) in [7, 11) is 0. The van der Waals surface area contributed by atoms with Gasteiger partial charge in [-0.05, 0) is 31.7 Å². The third kappa shape index (κ3) is 4.76. The molecule has 1 aromatic carbocycles. The Morgan fingerprint density at radius 2 is 1.96 bits per heavy atom. The number of carbonyl (C=O) groups is 1. The summed E-state index contributed by atoms with van der Waals surface area (Å²) in [5.41, 5.74) is 1.63. The number of amides is 2. The number of anilines is 1. The van der Waals surface area contributed by atoms with E-state index in [1.807, 2.05) is 37.3 Å². The predicted molar refractivity (Wildman–Crippen MR) is 96.2 cm³/mol. The predicted octanol–water partition coefficient (Wildman–Crippen LogP) is 3.16. The number of hydrogen-bond donors (Lipinski definition) is 2. The number of benzene rings is 1. The number of aliphatic hydroxyl groups excluding tert-OH is 1. The minimum Gasteiger partial charge on any atom is -0.396 e. The van der Waals surface area contributed by atoms with Crippen molar-refractivity contribution in [1.82, 2.24) is 14.9 Å². The molecule has 1 atom stereocenters. The molecular formula is C19H24N4O2. The van der Waals surface area contributed by atoms with Crippen molar-refractivity contribution in [2.75, 3.05) is 11.9 Å². The van der Waals surface area contributed by atoms with Gasteiger partial charge >= 0.3 is 6.03 Å². The number of carbonyl (C=O) groups excluding carboxylic acids is 1. The number of aromatic nitrogens is 2. The van der Waals surface area contributed by atoms with Gasteiger partial charge in [-0.1, -0.05) is 30.3 Å². The van der Waals surface area contributed by atoms with Crippen LogP contribution in [0.3, 0.4) is 0 Å². The van der Waals surface area contributed by atoms with E-state index in [0.717, 1.165) is 24.2 Å². The lowest BCUT2D eigenvalue weighted by atomic mass is 10.1. The monoisotopic (exact) mass is 340 g/mol. The fourth-order valence-corrected chi connectivity index (χ4v) is 2.70. The largest absolute Gasteiger partial charge is 0.396 e. The molecule has 0 spiro atoms. The van der Waals surface area contributed by atoms with E-state index < -0.39 is 0 Å². The van der Waals surface area contributed by atoms with Gasteiger partial charge in [-0.15, -0.1) is 0 Å². The second-order valence-electron chi connectivity index (χ2n) is 6.51. The van der Waals surface area contributed by atoms with Crippen molar-refractivity contribution < 1.29 is 9.90 Å². The van der Waals surface area contributed by atoms with Gasteiger partial charge in [-0.2, -0.15) is 0 Å². The van der Waals surface area contributed by atoms with Gasteiger partial charge in [0.05, 0.1) is 18.1 Å². The molecule has 1 heterocycles. The Labute approximate surface area is 147 Å². The van der Waals surface area contributed by atoms with Gasteiger partial charge in [0.2, 0.25) is 0 Å². The number of urea groups is 1. The van der Waals surface area contributed by atoms with E-state index in [-0.39, 0.29) is 18.7 Å². The molecule has 0 saturated heterocycles. The Hall–Kier alpha value is -2.47. The highest BCUT2D eigenvalue weighted by Crippen LogP contribution is 2.37. The zero-order valence-corrected chi connectivity index (χ0v) is 14.4. The van der Waals surface area contributed by atoms with E-state index in [1.165, 1.54) is 0 Å². The summed E-state index contributed by atoms with van der Waals surface area (Å²) in [6.07, 6.45) is 6.15. The SMILES string of the molecule is CC(CCO)N(Cc1ccccc1)C(=O)Nc1cnc(C2CC2)nc1. The quantitative estimate of drug-likeness (QED) is 0.811. The van der Waals surface area contributed by atoms with Crippen LogP contribution < -0.4 is 5.32 Å². The third-order valence-corrected chi connectivity index (χ3v) is 4.40. The van der Waals surface area contributed by atoms with Crippen molar-refractivity contribution in [3.8, 4) is 0 Å². The van der Waals surface area contributed by atoms with Gasteiger partial charge < -0.3 is 15.3 Å². The molecule has 1 aliphatic rings. The molecule has 2 aromatic rings. The average Bonchev–Trinajstić information content (AvgIpc) is 3.46. The molecule has 1 saturated carbocycles. The molecule has 1 fully saturated rings. The summed E-state index contributed by atoms with van der Waals surface area (Å²) >= 11 is 0. The van der Waals surface area contributed by atoms with Crippen molar-refractivity contribution in [3.05, 3.63) is 54.1 Å². The molecule has 1 aromatic heterocycles. The Morgan fingerprint density at radius 3 is 2.56 bits per heavy atom. The Morgan fingerprint density at radius 1 is 1.28 bits per heavy atom. The first kappa shape index (κ1) is 17.4. The maximum absolute atomic E-state index is 12.7. The maximum atomic E-state index is 12.7. The number of rotatable bonds is 7. The van der Waals surface area contributed by atoms with E-state index in [9.17, 15) is 9.90 Å². The van der Waals surface area contributed by atoms with Crippen LogP contribution in [0.25, 0.3) is 0 Å². The van der Waals surface area contributed by atoms with Gasteiger partial charge in [-0.25, -0.2) is 14.8 Å². The van der Waals surface area contributed by atoms with Gasteiger partial charge in [0.25, 0.3) is 0 Å². The molecule has 1 aliphatic carbocycles. The molecule has 3 rings (SSSR count). The second-order valence-corrected chi connectivity index (χ2v) is 6.51. The summed E-state index contributed by atoms with van der Waals surface area (Å²) < 4.78 is 0. The van der Waals surface area contributed by atoms with E-state index in [2.05, 4.69) is 15.3 Å². The maximum Gasteiger partial charge on any atom is 0.322 e. The van der Waals surface area contributed by atoms with E-state index in [1.54, 1.807) is 17.3 Å². The standard InChI is InChI=1S/C19H24N4O2/c1-14(9-10-24)23(13-15-5-3-2-4-6-15)19(25)22-17-11-20-18(21-12-17)16-7-8-16/h2-6,11-12,14,16,24H,7-10,13H2,1H3,(H,22,25). The van der Waals surface area contributed by atoms with Gasteiger partial charge in [0.1, 0.15) is 5.82 Å². The minimum atomic E-state index is -0.215. The van der Waals surface area contributed by atoms with Crippen LogP contribution in [0.1, 0.15) is 43.5 Å². The molecule has 2 N–H and O–H groups in total. The minimum absolute atomic E-state index is 0.0406. The fraction of sp³-hybridized carbons (Fsp3) is 0.421. The summed E-state index contributed by atoms with van der Waals surface area (Å²) in [4.78, 5) is 23.1. The Bertz CT molecular complexity index is 686. The summed E-state index contributed by atoms with van der Waals surface area (Å²) in [5.74, 6) is 1.34. The Kier molecular flexibility index (Phi) is 5.60. The molecule has 0 bridgehead atoms. The lowest BCUT2D eigenvalue weighted by Gasteiger charge is -2.29. The zero-order chi connectivity index (χ0) is 17.6. The Balaban J connectivity index is 1.68. The zero-order valence-electron chi connectivity index (χ0n) is 14.4. The molecule has 6 heteroatoms. The van der Waals surface area contributed by atoms with Crippen molar-refractivity contribution in [2.45, 2.75) is 44.7 Å². The highest BCUT2D eigenvalue weighted by Gasteiger charge is 2.26. The van der Waals surface area contributed by atoms with Gasteiger partial charge in [-0.3, -0.25) is 0 Å². The average molecular weight is 340 g/mol. The van der Waals surface area contributed by atoms with Crippen LogP contribution in [0.2, 0.25) is 0 Å². The van der Waals surface area contributed by atoms with Crippen molar-refractivity contribution >= 4 is 11.7 Å². The van der Waals surface area contributed by atoms with Crippen LogP contribution in [0.4, 0.5) is 10.5 Å². The van der Waals surface area contributed by atoms with E-state index in [0.29, 0.717) is 24.6 Å². The molecule has 6 nitrogen and oxygen atoms in total. The first-order valence-electron chi connectivity index (χ1n) is 8.71. The van der Waals surface area contributed by atoms with Crippen LogP contribution in [0.5, 0.6) is 0 Å². The summed E-state index contributed by atoms with van der Waals surface area (Å²) in [5, 5.41) is 12.1. The molecule has 1 unspecified atom stereocenters. The van der Waals surface area contributed by atoms with Crippen LogP contribution in [-0.2, 0) is 6.54 Å². The normalized spacial score (nSPS) is 14.8. The number of hydrogen-bond acceptors (Lipinski definition) is 4. The number of aliphatic hydroxyl groups is 1. The highest BCUT2D eigenvalue weighted by molar-refractivity contribution is 5.89. The van der Waals surface area contributed by atoms with Crippen molar-refractivity contribution in [2.24, 2.45) is 0 Å². The molecule has 25 heavy (non-hydrogen) atoms. The number of nitrogens with one attached hydrogen (secondary N) is 1. The lowest BCUT2D eigenvalue weighted by molar-refractivity contribution is 0.169. The molecular weight excluding hydrogens is 316 g/mol. The third-order valence-electron chi connectivity index (χ3n) is 4.40. The van der Waals surface area contributed by atoms with E-state index in [4.69, 9.17) is 0 Å². The molecule has 132 valence electrons. The van der Waals surface area contributed by atoms with Crippen LogP contribution in [-0.4, -0.2) is 38.7 Å². The summed E-state index contributed by atoms with van der Waals surface area (Å²) in [6.45, 7) is 2.46. The number of nitrogens with zero attached hydrogens (tertiary/aromatic N) is 3. The van der Waals surface area contributed by atoms with Crippen LogP contribution in [0, 0.1) is 0 Å². The first-order valence-corrected chi connectivity index (χ1v) is 8.71. The van der Waals surface area contributed by atoms with Gasteiger partial charge in [0, 0.05) is 25.1 Å². The van der Waals surface area contributed by atoms with Crippen molar-refractivity contribution in [3.63, 3.8) is 0 Å². The first-order chi connectivity index (χ1) is 12.2. The topological polar surface area (TPSA) is 78.4 Å². The lowest BCUT2D eigenvalue weighted by Crippen LogP contribution is -2.41. The fourth-order valence-electron chi connectivity index (χ4n) is 2.70. The molecule has 0 radical (unpaired) electrons. The molecule has 2 amide bonds. The molecule has 0 aliphatic heterocycles. The van der Waals surface area contributed by atoms with Gasteiger partial charge in [0.15, 0.2) is 0 Å². The summed E-state index contributed by atoms with van der Waals surface area (Å²) in [6, 6.07) is 9.52. The smallest absolute Gasteiger partial charge is 0.322 e. The highest BCUT2D eigenvalue weighted by atomic mass is 16.3. The van der Waals surface area contributed by atoms with Crippen LogP contribution in [0.15, 0.2) is 42.7 Å². The van der Waals surface area contributed by atoms with Crippen LogP contribution >= 0.6 is 0 Å². The van der Waals surface area contributed by atoms with Crippen molar-refractivity contribution in [1.29, 1.82) is 0 Å². The van der Waals surface area contributed by atoms with E-state index >= 15 is 0 Å².